The summed E-state index contributed by atoms with van der Waals surface area (Å²) in [5.41, 5.74) is 0. The number of carboxylic acid groups (broad SMARTS) is 1. The molecule has 0 spiro atoms. The predicted molar refractivity (Wildman–Crippen MR) is 67.7 cm³/mol. The maximum Gasteiger partial charge on any atom is 0.326 e. The number of nitrogens with one attached hydrogen (secondary N) is 1. The third-order valence-corrected chi connectivity index (χ3v) is 2.12. The van der Waals surface area contributed by atoms with Crippen molar-refractivity contribution in [2.24, 2.45) is 0 Å². The molecule has 0 amide bonds. The fourth-order valence-electron chi connectivity index (χ4n) is 1.27. The normalized spacial score (nSPS) is 11.6. The molecule has 0 radical (unpaired) electrons. The van der Waals surface area contributed by atoms with Crippen LogP contribution in [-0.4, -0.2) is 33.7 Å². The van der Waals surface area contributed by atoms with Gasteiger partial charge >= 0.3 is 5.97 Å². The second kappa shape index (κ2) is 7.26. The SMILES string of the molecule is C=CCC(Nc1cc(OCCC)ncn1)C(=O)O. The molecule has 0 aliphatic rings. The van der Waals surface area contributed by atoms with Crippen molar-refractivity contribution in [3.63, 3.8) is 0 Å². The Labute approximate surface area is 106 Å². The molecule has 18 heavy (non-hydrogen) atoms. The minimum absolute atomic E-state index is 0.310. The van der Waals surface area contributed by atoms with Crippen LogP contribution in [0, 0.1) is 0 Å². The van der Waals surface area contributed by atoms with Crippen LogP contribution in [0.3, 0.4) is 0 Å². The number of hydrogen-bond acceptors (Lipinski definition) is 5. The van der Waals surface area contributed by atoms with Crippen molar-refractivity contribution in [2.75, 3.05) is 11.9 Å². The Morgan fingerprint density at radius 1 is 1.67 bits per heavy atom. The lowest BCUT2D eigenvalue weighted by Gasteiger charge is -2.13. The van der Waals surface area contributed by atoms with Crippen LogP contribution in [0.4, 0.5) is 5.82 Å². The average molecular weight is 251 g/mol. The molecule has 98 valence electrons. The van der Waals surface area contributed by atoms with E-state index in [1.165, 1.54) is 6.33 Å². The molecule has 0 saturated carbocycles. The van der Waals surface area contributed by atoms with Gasteiger partial charge in [0, 0.05) is 6.07 Å². The molecule has 0 aromatic carbocycles. The molecule has 0 fully saturated rings. The van der Waals surface area contributed by atoms with Gasteiger partial charge in [0.15, 0.2) is 0 Å². The van der Waals surface area contributed by atoms with Crippen LogP contribution in [0.15, 0.2) is 25.0 Å². The Bertz CT molecular complexity index is 409. The number of hydrogen-bond donors (Lipinski definition) is 2. The highest BCUT2D eigenvalue weighted by Crippen LogP contribution is 2.13. The zero-order valence-corrected chi connectivity index (χ0v) is 10.3. The van der Waals surface area contributed by atoms with E-state index in [9.17, 15) is 4.79 Å². The molecular formula is C12H17N3O3. The number of rotatable bonds is 8. The summed E-state index contributed by atoms with van der Waals surface area (Å²) in [5.74, 6) is -0.105. The van der Waals surface area contributed by atoms with Crippen LogP contribution < -0.4 is 10.1 Å². The number of carboxylic acids is 1. The minimum Gasteiger partial charge on any atom is -0.480 e. The molecule has 1 atom stereocenters. The molecule has 1 unspecified atom stereocenters. The van der Waals surface area contributed by atoms with Gasteiger partial charge in [0.05, 0.1) is 6.61 Å². The van der Waals surface area contributed by atoms with E-state index in [4.69, 9.17) is 9.84 Å². The fraction of sp³-hybridized carbons (Fsp3) is 0.417. The van der Waals surface area contributed by atoms with Crippen molar-refractivity contribution < 1.29 is 14.6 Å². The van der Waals surface area contributed by atoms with Crippen LogP contribution >= 0.6 is 0 Å². The Balaban J connectivity index is 2.70. The highest BCUT2D eigenvalue weighted by atomic mass is 16.5. The van der Waals surface area contributed by atoms with Crippen molar-refractivity contribution >= 4 is 11.8 Å². The van der Waals surface area contributed by atoms with E-state index in [2.05, 4.69) is 21.9 Å². The van der Waals surface area contributed by atoms with Crippen LogP contribution in [0.1, 0.15) is 19.8 Å². The molecular weight excluding hydrogens is 234 g/mol. The topological polar surface area (TPSA) is 84.3 Å². The Hall–Kier alpha value is -2.11. The van der Waals surface area contributed by atoms with Gasteiger partial charge in [0.25, 0.3) is 0 Å². The predicted octanol–water partition coefficient (Wildman–Crippen LogP) is 1.71. The molecule has 1 aromatic heterocycles. The van der Waals surface area contributed by atoms with Crippen LogP contribution in [-0.2, 0) is 4.79 Å². The van der Waals surface area contributed by atoms with Gasteiger partial charge in [-0.25, -0.2) is 14.8 Å². The van der Waals surface area contributed by atoms with Gasteiger partial charge in [0.2, 0.25) is 5.88 Å². The second-order valence-corrected chi connectivity index (χ2v) is 3.65. The Kier molecular flexibility index (Phi) is 5.63. The van der Waals surface area contributed by atoms with Crippen LogP contribution in [0.2, 0.25) is 0 Å². The van der Waals surface area contributed by atoms with Gasteiger partial charge < -0.3 is 15.2 Å². The quantitative estimate of drug-likeness (QED) is 0.684. The first kappa shape index (κ1) is 14.0. The first-order valence-corrected chi connectivity index (χ1v) is 5.72. The lowest BCUT2D eigenvalue weighted by Crippen LogP contribution is -2.29. The van der Waals surface area contributed by atoms with Crippen molar-refractivity contribution in [1.82, 2.24) is 9.97 Å². The summed E-state index contributed by atoms with van der Waals surface area (Å²) < 4.78 is 5.34. The lowest BCUT2D eigenvalue weighted by atomic mass is 10.2. The third kappa shape index (κ3) is 4.40. The summed E-state index contributed by atoms with van der Waals surface area (Å²) in [7, 11) is 0. The number of anilines is 1. The molecule has 0 aliphatic carbocycles. The van der Waals surface area contributed by atoms with E-state index in [-0.39, 0.29) is 0 Å². The molecule has 6 nitrogen and oxygen atoms in total. The van der Waals surface area contributed by atoms with Gasteiger partial charge in [0.1, 0.15) is 18.2 Å². The van der Waals surface area contributed by atoms with E-state index >= 15 is 0 Å². The standard InChI is InChI=1S/C12H17N3O3/c1-3-5-9(12(16)17)15-10-7-11(14-8-13-10)18-6-4-2/h3,7-9H,1,4-6H2,2H3,(H,16,17)(H,13,14,15). The van der Waals surface area contributed by atoms with Gasteiger partial charge in [-0.05, 0) is 12.8 Å². The molecule has 1 heterocycles. The average Bonchev–Trinajstić information content (AvgIpc) is 2.36. The zero-order chi connectivity index (χ0) is 13.4. The number of aliphatic carboxylic acids is 1. The monoisotopic (exact) mass is 251 g/mol. The highest BCUT2D eigenvalue weighted by Gasteiger charge is 2.16. The van der Waals surface area contributed by atoms with Crippen molar-refractivity contribution in [3.05, 3.63) is 25.0 Å². The highest BCUT2D eigenvalue weighted by molar-refractivity contribution is 5.77. The smallest absolute Gasteiger partial charge is 0.326 e. The van der Waals surface area contributed by atoms with E-state index in [1.807, 2.05) is 6.92 Å². The maximum absolute atomic E-state index is 11.0. The van der Waals surface area contributed by atoms with Crippen molar-refractivity contribution in [2.45, 2.75) is 25.8 Å². The van der Waals surface area contributed by atoms with E-state index < -0.39 is 12.0 Å². The summed E-state index contributed by atoms with van der Waals surface area (Å²) in [5, 5.41) is 11.8. The van der Waals surface area contributed by atoms with Gasteiger partial charge in [-0.1, -0.05) is 13.0 Å². The van der Waals surface area contributed by atoms with Gasteiger partial charge in [-0.3, -0.25) is 0 Å². The van der Waals surface area contributed by atoms with Crippen LogP contribution in [0.5, 0.6) is 5.88 Å². The third-order valence-electron chi connectivity index (χ3n) is 2.12. The number of aromatic nitrogens is 2. The lowest BCUT2D eigenvalue weighted by molar-refractivity contribution is -0.137. The molecule has 0 saturated heterocycles. The van der Waals surface area contributed by atoms with E-state index in [1.54, 1.807) is 12.1 Å². The molecule has 1 aromatic rings. The minimum atomic E-state index is -0.954. The Morgan fingerprint density at radius 2 is 2.44 bits per heavy atom. The first-order valence-electron chi connectivity index (χ1n) is 5.72. The summed E-state index contributed by atoms with van der Waals surface area (Å²) in [6, 6.07) is 0.825. The second-order valence-electron chi connectivity index (χ2n) is 3.65. The van der Waals surface area contributed by atoms with Crippen LogP contribution in [0.25, 0.3) is 0 Å². The van der Waals surface area contributed by atoms with Gasteiger partial charge in [-0.15, -0.1) is 6.58 Å². The fourth-order valence-corrected chi connectivity index (χ4v) is 1.27. The van der Waals surface area contributed by atoms with Gasteiger partial charge in [-0.2, -0.15) is 0 Å². The molecule has 0 aliphatic heterocycles. The summed E-state index contributed by atoms with van der Waals surface area (Å²) in [6.45, 7) is 6.07. The molecule has 2 N–H and O–H groups in total. The maximum atomic E-state index is 11.0. The molecule has 0 bridgehead atoms. The summed E-state index contributed by atoms with van der Waals surface area (Å²) >= 11 is 0. The van der Waals surface area contributed by atoms with E-state index in [0.717, 1.165) is 6.42 Å². The zero-order valence-electron chi connectivity index (χ0n) is 10.3. The summed E-state index contributed by atoms with van der Waals surface area (Å²) in [6.07, 6.45) is 4.06. The largest absolute Gasteiger partial charge is 0.480 e. The van der Waals surface area contributed by atoms with Crippen molar-refractivity contribution in [3.8, 4) is 5.88 Å². The summed E-state index contributed by atoms with van der Waals surface area (Å²) in [4.78, 5) is 18.9. The number of ether oxygens (including phenoxy) is 1. The molecule has 1 rings (SSSR count). The van der Waals surface area contributed by atoms with E-state index in [0.29, 0.717) is 24.7 Å². The number of nitrogens with zero attached hydrogens (tertiary/aromatic N) is 2. The first-order chi connectivity index (χ1) is 8.67. The molecule has 6 heteroatoms. The van der Waals surface area contributed by atoms with Crippen molar-refractivity contribution in [1.29, 1.82) is 0 Å². The number of carbonyl (C=O) groups is 1. The Morgan fingerprint density at radius 3 is 3.06 bits per heavy atom.